The van der Waals surface area contributed by atoms with Gasteiger partial charge in [-0.25, -0.2) is 4.79 Å². The van der Waals surface area contributed by atoms with Gasteiger partial charge in [-0.05, 0) is 63.4 Å². The van der Waals surface area contributed by atoms with E-state index in [-0.39, 0.29) is 36.5 Å². The lowest BCUT2D eigenvalue weighted by Gasteiger charge is -2.61. The van der Waals surface area contributed by atoms with E-state index < -0.39 is 29.3 Å². The second-order valence-electron chi connectivity index (χ2n) is 12.7. The standard InChI is InChI=1S/C32H45N5O7/c1-19(38)35-21(8-5-6-10-26(33)34)22(39)9-7-16-37(3)30(40)43-24-13-14-32(41)25-18-20-11-12-23(42-4)28-27(20)31(32,29(24)44-28)15-17-36(25)2/h11-13,21,25,29,41H,5-10,14-18H2,1-4H3,(H3,33,34)(H,35,38)/t21-,25?,29-,31-,32+/m0/s1. The molecule has 1 spiro atoms. The molecule has 2 aliphatic heterocycles. The third-order valence-corrected chi connectivity index (χ3v) is 9.95. The molecular weight excluding hydrogens is 566 g/mol. The van der Waals surface area contributed by atoms with E-state index in [9.17, 15) is 19.5 Å². The van der Waals surface area contributed by atoms with Crippen molar-refractivity contribution in [3.8, 4) is 11.5 Å². The summed E-state index contributed by atoms with van der Waals surface area (Å²) in [5.74, 6) is 1.31. The zero-order chi connectivity index (χ0) is 31.8. The number of carbonyl (C=O) groups is 3. The highest BCUT2D eigenvalue weighted by Gasteiger charge is 2.72. The van der Waals surface area contributed by atoms with Crippen LogP contribution >= 0.6 is 0 Å². The van der Waals surface area contributed by atoms with E-state index in [1.54, 1.807) is 20.2 Å². The summed E-state index contributed by atoms with van der Waals surface area (Å²) in [5.41, 5.74) is 5.64. The van der Waals surface area contributed by atoms with Crippen LogP contribution in [0.25, 0.3) is 0 Å². The largest absolute Gasteiger partial charge is 0.493 e. The van der Waals surface area contributed by atoms with Gasteiger partial charge in [0.05, 0.1) is 30.0 Å². The summed E-state index contributed by atoms with van der Waals surface area (Å²) in [5, 5.41) is 22.4. The lowest BCUT2D eigenvalue weighted by atomic mass is 9.50. The Balaban J connectivity index is 1.24. The summed E-state index contributed by atoms with van der Waals surface area (Å²) in [7, 11) is 5.26. The van der Waals surface area contributed by atoms with Crippen LogP contribution in [0, 0.1) is 5.41 Å². The van der Waals surface area contributed by atoms with Crippen molar-refractivity contribution >= 4 is 23.6 Å². The number of likely N-dealkylation sites (N-methyl/N-ethyl adjacent to an activating group) is 1. The summed E-state index contributed by atoms with van der Waals surface area (Å²) >= 11 is 0. The molecule has 2 aliphatic carbocycles. The van der Waals surface area contributed by atoms with Crippen molar-refractivity contribution in [3.05, 3.63) is 35.1 Å². The SMILES string of the molecule is COc1ccc2c3c1O[C@H]1C(OC(=O)N(C)CCCC(=O)[C@H](CCCCC(=N)N)NC(C)=O)=CC[C@@]4(O)C(C2)N(C)CC[C@]314. The fourth-order valence-corrected chi connectivity index (χ4v) is 7.75. The maximum Gasteiger partial charge on any atom is 0.414 e. The van der Waals surface area contributed by atoms with Crippen molar-refractivity contribution < 1.29 is 33.7 Å². The van der Waals surface area contributed by atoms with E-state index in [1.807, 2.05) is 13.1 Å². The van der Waals surface area contributed by atoms with Crippen LogP contribution in [0.1, 0.15) is 69.4 Å². The molecule has 44 heavy (non-hydrogen) atoms. The van der Waals surface area contributed by atoms with Gasteiger partial charge in [-0.1, -0.05) is 12.5 Å². The van der Waals surface area contributed by atoms with E-state index in [2.05, 4.69) is 16.3 Å². The first kappa shape index (κ1) is 31.8. The summed E-state index contributed by atoms with van der Waals surface area (Å²) in [6.45, 7) is 2.43. The average Bonchev–Trinajstić information content (AvgIpc) is 3.33. The van der Waals surface area contributed by atoms with Crippen molar-refractivity contribution in [2.75, 3.05) is 34.3 Å². The molecule has 1 aromatic carbocycles. The number of amidine groups is 1. The molecule has 1 unspecified atom stereocenters. The van der Waals surface area contributed by atoms with Gasteiger partial charge in [0.1, 0.15) is 5.76 Å². The Morgan fingerprint density at radius 1 is 1.27 bits per heavy atom. The number of nitrogens with two attached hydrogens (primary N) is 1. The van der Waals surface area contributed by atoms with Crippen LogP contribution in [0.5, 0.6) is 11.5 Å². The summed E-state index contributed by atoms with van der Waals surface area (Å²) in [6.07, 6.45) is 5.05. The minimum absolute atomic E-state index is 0.0987. The fourth-order valence-electron chi connectivity index (χ4n) is 7.75. The van der Waals surface area contributed by atoms with E-state index in [0.29, 0.717) is 68.6 Å². The molecule has 240 valence electrons. The van der Waals surface area contributed by atoms with Crippen molar-refractivity contribution in [3.63, 3.8) is 0 Å². The Labute approximate surface area is 258 Å². The number of methoxy groups -OCH3 is 1. The molecule has 1 fully saturated rings. The van der Waals surface area contributed by atoms with Crippen molar-refractivity contribution in [1.29, 1.82) is 5.41 Å². The molecule has 0 aromatic heterocycles. The maximum atomic E-state index is 13.3. The van der Waals surface area contributed by atoms with Crippen molar-refractivity contribution in [2.45, 2.75) is 93.9 Å². The zero-order valence-corrected chi connectivity index (χ0v) is 26.1. The minimum Gasteiger partial charge on any atom is -0.493 e. The quantitative estimate of drug-likeness (QED) is 0.149. The summed E-state index contributed by atoms with van der Waals surface area (Å²) in [6, 6.07) is 3.24. The second-order valence-corrected chi connectivity index (χ2v) is 12.7. The zero-order valence-electron chi connectivity index (χ0n) is 26.1. The van der Waals surface area contributed by atoms with Crippen molar-refractivity contribution in [1.82, 2.24) is 15.1 Å². The monoisotopic (exact) mass is 611 g/mol. The number of likely N-dealkylation sites (tertiary alicyclic amines) is 1. The van der Waals surface area contributed by atoms with E-state index in [1.165, 1.54) is 11.8 Å². The number of nitrogens with one attached hydrogen (secondary N) is 2. The first-order valence-corrected chi connectivity index (χ1v) is 15.5. The lowest BCUT2D eigenvalue weighted by molar-refractivity contribution is -0.163. The number of ketones is 1. The molecule has 2 amide bonds. The Morgan fingerprint density at radius 3 is 2.75 bits per heavy atom. The number of aliphatic hydroxyl groups is 1. The van der Waals surface area contributed by atoms with Crippen LogP contribution in [0.15, 0.2) is 24.0 Å². The number of amides is 2. The highest BCUT2D eigenvalue weighted by molar-refractivity contribution is 5.88. The van der Waals surface area contributed by atoms with Gasteiger partial charge in [0.25, 0.3) is 0 Å². The normalized spacial score (nSPS) is 26.9. The molecule has 0 radical (unpaired) electrons. The molecule has 12 nitrogen and oxygen atoms in total. The van der Waals surface area contributed by atoms with Crippen LogP contribution in [0.4, 0.5) is 4.79 Å². The summed E-state index contributed by atoms with van der Waals surface area (Å²) < 4.78 is 18.2. The van der Waals surface area contributed by atoms with Gasteiger partial charge in [0, 0.05) is 51.4 Å². The Kier molecular flexibility index (Phi) is 8.95. The van der Waals surface area contributed by atoms with Crippen LogP contribution in [-0.4, -0.2) is 96.6 Å². The number of hydrogen-bond acceptors (Lipinski definition) is 9. The number of ether oxygens (including phenoxy) is 3. The molecule has 1 saturated heterocycles. The van der Waals surface area contributed by atoms with Gasteiger partial charge in [-0.15, -0.1) is 0 Å². The maximum absolute atomic E-state index is 13.3. The van der Waals surface area contributed by atoms with Gasteiger partial charge in [0.2, 0.25) is 5.91 Å². The number of Topliss-reactive ketones (excluding diaryl/α,β-unsaturated/α-hetero) is 1. The molecule has 4 aliphatic rings. The lowest BCUT2D eigenvalue weighted by Crippen LogP contribution is -2.74. The summed E-state index contributed by atoms with van der Waals surface area (Å²) in [4.78, 5) is 41.5. The molecule has 1 aromatic rings. The molecule has 12 heteroatoms. The van der Waals surface area contributed by atoms with Gasteiger partial charge in [-0.2, -0.15) is 0 Å². The van der Waals surface area contributed by atoms with Gasteiger partial charge < -0.3 is 40.2 Å². The Morgan fingerprint density at radius 2 is 2.05 bits per heavy atom. The highest BCUT2D eigenvalue weighted by atomic mass is 16.6. The van der Waals surface area contributed by atoms with E-state index >= 15 is 0 Å². The Hall–Kier alpha value is -3.64. The molecular formula is C32H45N5O7. The minimum atomic E-state index is -1.09. The smallest absolute Gasteiger partial charge is 0.414 e. The highest BCUT2D eigenvalue weighted by Crippen LogP contribution is 2.65. The van der Waals surface area contributed by atoms with E-state index in [4.69, 9.17) is 25.4 Å². The predicted molar refractivity (Wildman–Crippen MR) is 163 cm³/mol. The van der Waals surface area contributed by atoms with E-state index in [0.717, 1.165) is 17.7 Å². The molecule has 5 N–H and O–H groups in total. The number of nitrogens with zero attached hydrogens (tertiary/aromatic N) is 2. The number of rotatable bonds is 13. The number of piperidine rings is 1. The molecule has 2 bridgehead atoms. The van der Waals surface area contributed by atoms with Crippen LogP contribution in [-0.2, 0) is 26.2 Å². The Bertz CT molecular complexity index is 1360. The van der Waals surface area contributed by atoms with Crippen LogP contribution < -0.4 is 20.5 Å². The molecule has 5 rings (SSSR count). The average molecular weight is 612 g/mol. The molecule has 0 saturated carbocycles. The third kappa shape index (κ3) is 5.42. The van der Waals surface area contributed by atoms with Gasteiger partial charge in [0.15, 0.2) is 23.4 Å². The van der Waals surface area contributed by atoms with Gasteiger partial charge >= 0.3 is 6.09 Å². The van der Waals surface area contributed by atoms with Crippen LogP contribution in [0.2, 0.25) is 0 Å². The number of carbonyl (C=O) groups excluding carboxylic acids is 3. The van der Waals surface area contributed by atoms with Gasteiger partial charge in [-0.3, -0.25) is 15.0 Å². The fraction of sp³-hybridized carbons (Fsp3) is 0.625. The number of benzene rings is 1. The predicted octanol–water partition coefficient (Wildman–Crippen LogP) is 2.39. The third-order valence-electron chi connectivity index (χ3n) is 9.95. The van der Waals surface area contributed by atoms with Crippen molar-refractivity contribution in [2.24, 2.45) is 5.73 Å². The number of unbranched alkanes of at least 4 members (excludes halogenated alkanes) is 1. The second kappa shape index (κ2) is 12.4. The number of hydrogen-bond donors (Lipinski definition) is 4. The molecule has 2 heterocycles. The van der Waals surface area contributed by atoms with Crippen LogP contribution in [0.3, 0.4) is 0 Å². The first-order valence-electron chi connectivity index (χ1n) is 15.5. The molecule has 5 atom stereocenters. The topological polar surface area (TPSA) is 168 Å². The first-order chi connectivity index (χ1) is 20.9.